The minimum absolute atomic E-state index is 0.188. The molecule has 0 spiro atoms. The highest BCUT2D eigenvalue weighted by Gasteiger charge is 2.08. The minimum Gasteiger partial charge on any atom is -0.434 e. The Labute approximate surface area is 110 Å². The van der Waals surface area contributed by atoms with Crippen molar-refractivity contribution < 1.29 is 13.5 Å². The number of alkyl halides is 2. The average molecular weight is 267 g/mol. The molecule has 6 heteroatoms. The number of hydrogen-bond donors (Lipinski definition) is 1. The van der Waals surface area contributed by atoms with Crippen molar-refractivity contribution in [2.45, 2.75) is 26.6 Å². The lowest BCUT2D eigenvalue weighted by Gasteiger charge is -2.11. The van der Waals surface area contributed by atoms with E-state index in [0.717, 1.165) is 12.2 Å². The van der Waals surface area contributed by atoms with Gasteiger partial charge in [0.05, 0.1) is 11.9 Å². The number of nitrogens with zero attached hydrogens (tertiary/aromatic N) is 2. The summed E-state index contributed by atoms with van der Waals surface area (Å²) >= 11 is 0. The third kappa shape index (κ3) is 3.67. The molecule has 0 saturated carbocycles. The Balaban J connectivity index is 2.02. The summed E-state index contributed by atoms with van der Waals surface area (Å²) in [4.78, 5) is 0. The molecule has 1 aromatic carbocycles. The van der Waals surface area contributed by atoms with E-state index in [1.807, 2.05) is 13.1 Å². The van der Waals surface area contributed by atoms with E-state index in [-0.39, 0.29) is 5.75 Å². The first-order valence-electron chi connectivity index (χ1n) is 5.98. The van der Waals surface area contributed by atoms with Crippen molar-refractivity contribution in [2.24, 2.45) is 0 Å². The molecule has 0 aliphatic carbocycles. The number of anilines is 1. The molecule has 102 valence electrons. The van der Waals surface area contributed by atoms with E-state index in [0.29, 0.717) is 12.1 Å². The molecule has 0 bridgehead atoms. The number of para-hydroxylation sites is 1. The Hall–Kier alpha value is -2.11. The van der Waals surface area contributed by atoms with Crippen LogP contribution in [0.4, 0.5) is 14.5 Å². The van der Waals surface area contributed by atoms with E-state index in [9.17, 15) is 8.78 Å². The topological polar surface area (TPSA) is 39.1 Å². The van der Waals surface area contributed by atoms with Gasteiger partial charge in [0.25, 0.3) is 0 Å². The highest BCUT2D eigenvalue weighted by atomic mass is 19.3. The molecule has 0 radical (unpaired) electrons. The molecule has 1 aromatic heterocycles. The summed E-state index contributed by atoms with van der Waals surface area (Å²) in [6.07, 6.45) is 3.55. The Bertz CT molecular complexity index is 528. The second-order valence-electron chi connectivity index (χ2n) is 3.92. The van der Waals surface area contributed by atoms with Gasteiger partial charge in [-0.2, -0.15) is 13.9 Å². The summed E-state index contributed by atoms with van der Waals surface area (Å²) in [6, 6.07) is 6.72. The first kappa shape index (κ1) is 13.3. The van der Waals surface area contributed by atoms with Crippen molar-refractivity contribution in [1.82, 2.24) is 9.78 Å². The Kier molecular flexibility index (Phi) is 4.33. The molecule has 0 aliphatic rings. The van der Waals surface area contributed by atoms with Crippen LogP contribution in [0.5, 0.6) is 5.75 Å². The zero-order valence-electron chi connectivity index (χ0n) is 10.5. The van der Waals surface area contributed by atoms with E-state index in [1.54, 1.807) is 29.1 Å². The van der Waals surface area contributed by atoms with Gasteiger partial charge in [0.15, 0.2) is 0 Å². The Morgan fingerprint density at radius 2 is 2.16 bits per heavy atom. The number of hydrogen-bond acceptors (Lipinski definition) is 3. The van der Waals surface area contributed by atoms with Crippen molar-refractivity contribution in [3.8, 4) is 5.75 Å². The third-order valence-corrected chi connectivity index (χ3v) is 2.63. The normalized spacial score (nSPS) is 10.7. The van der Waals surface area contributed by atoms with Crippen LogP contribution in [0.3, 0.4) is 0 Å². The molecule has 0 saturated heterocycles. The average Bonchev–Trinajstić information content (AvgIpc) is 2.85. The number of halogens is 2. The summed E-state index contributed by atoms with van der Waals surface area (Å²) in [5, 5.41) is 7.24. The predicted octanol–water partition coefficient (Wildman–Crippen LogP) is 3.12. The summed E-state index contributed by atoms with van der Waals surface area (Å²) in [5.41, 5.74) is 1.51. The van der Waals surface area contributed by atoms with Crippen LogP contribution in [-0.2, 0) is 13.1 Å². The fourth-order valence-electron chi connectivity index (χ4n) is 1.69. The standard InChI is InChI=1S/C13H15F2N3O/c1-2-18-9-11(8-17-18)16-7-10-5-3-4-6-12(10)19-13(14)15/h3-6,8-9,13,16H,2,7H2,1H3. The van der Waals surface area contributed by atoms with Crippen LogP contribution >= 0.6 is 0 Å². The van der Waals surface area contributed by atoms with Gasteiger partial charge in [-0.05, 0) is 13.0 Å². The predicted molar refractivity (Wildman–Crippen MR) is 68.3 cm³/mol. The number of rotatable bonds is 6. The van der Waals surface area contributed by atoms with E-state index in [4.69, 9.17) is 0 Å². The zero-order valence-corrected chi connectivity index (χ0v) is 10.5. The van der Waals surface area contributed by atoms with Crippen molar-refractivity contribution in [2.75, 3.05) is 5.32 Å². The van der Waals surface area contributed by atoms with Gasteiger partial charge in [0, 0.05) is 24.8 Å². The molecular weight excluding hydrogens is 252 g/mol. The maximum absolute atomic E-state index is 12.3. The molecule has 4 nitrogen and oxygen atoms in total. The summed E-state index contributed by atoms with van der Waals surface area (Å²) in [7, 11) is 0. The molecule has 0 fully saturated rings. The van der Waals surface area contributed by atoms with Gasteiger partial charge in [0.2, 0.25) is 0 Å². The molecule has 1 N–H and O–H groups in total. The van der Waals surface area contributed by atoms with Crippen molar-refractivity contribution >= 4 is 5.69 Å². The highest BCUT2D eigenvalue weighted by molar-refractivity contribution is 5.42. The van der Waals surface area contributed by atoms with E-state index < -0.39 is 6.61 Å². The SMILES string of the molecule is CCn1cc(NCc2ccccc2OC(F)F)cn1. The summed E-state index contributed by atoms with van der Waals surface area (Å²) < 4.78 is 30.8. The van der Waals surface area contributed by atoms with Gasteiger partial charge in [-0.1, -0.05) is 18.2 Å². The molecule has 0 amide bonds. The highest BCUT2D eigenvalue weighted by Crippen LogP contribution is 2.21. The van der Waals surface area contributed by atoms with Gasteiger partial charge in [-0.3, -0.25) is 4.68 Å². The first-order chi connectivity index (χ1) is 9.19. The molecule has 2 rings (SSSR count). The number of aromatic nitrogens is 2. The summed E-state index contributed by atoms with van der Waals surface area (Å²) in [5.74, 6) is 0.188. The second-order valence-corrected chi connectivity index (χ2v) is 3.92. The molecule has 0 aliphatic heterocycles. The fraction of sp³-hybridized carbons (Fsp3) is 0.308. The molecule has 1 heterocycles. The summed E-state index contributed by atoms with van der Waals surface area (Å²) in [6.45, 7) is 0.358. The van der Waals surface area contributed by atoms with Crippen LogP contribution in [0.15, 0.2) is 36.7 Å². The number of aryl methyl sites for hydroxylation is 1. The fourth-order valence-corrected chi connectivity index (χ4v) is 1.69. The maximum atomic E-state index is 12.3. The number of ether oxygens (including phenoxy) is 1. The minimum atomic E-state index is -2.82. The van der Waals surface area contributed by atoms with Gasteiger partial charge < -0.3 is 10.1 Å². The van der Waals surface area contributed by atoms with Crippen LogP contribution in [-0.4, -0.2) is 16.4 Å². The van der Waals surface area contributed by atoms with Crippen LogP contribution < -0.4 is 10.1 Å². The lowest BCUT2D eigenvalue weighted by atomic mass is 10.2. The van der Waals surface area contributed by atoms with Crippen molar-refractivity contribution in [3.63, 3.8) is 0 Å². The third-order valence-electron chi connectivity index (χ3n) is 2.63. The maximum Gasteiger partial charge on any atom is 0.387 e. The van der Waals surface area contributed by atoms with E-state index in [2.05, 4.69) is 15.2 Å². The quantitative estimate of drug-likeness (QED) is 0.874. The Morgan fingerprint density at radius 3 is 2.84 bits per heavy atom. The molecular formula is C13H15F2N3O. The van der Waals surface area contributed by atoms with Crippen LogP contribution in [0, 0.1) is 0 Å². The second kappa shape index (κ2) is 6.17. The number of benzene rings is 1. The molecule has 19 heavy (non-hydrogen) atoms. The van der Waals surface area contributed by atoms with E-state index >= 15 is 0 Å². The Morgan fingerprint density at radius 1 is 1.37 bits per heavy atom. The molecule has 0 atom stereocenters. The lowest BCUT2D eigenvalue weighted by Crippen LogP contribution is -2.06. The molecule has 2 aromatic rings. The zero-order chi connectivity index (χ0) is 13.7. The van der Waals surface area contributed by atoms with Gasteiger partial charge in [-0.15, -0.1) is 0 Å². The lowest BCUT2D eigenvalue weighted by molar-refractivity contribution is -0.0504. The first-order valence-corrected chi connectivity index (χ1v) is 5.98. The van der Waals surface area contributed by atoms with Gasteiger partial charge >= 0.3 is 6.61 Å². The van der Waals surface area contributed by atoms with Crippen LogP contribution in [0.25, 0.3) is 0 Å². The van der Waals surface area contributed by atoms with Gasteiger partial charge in [-0.25, -0.2) is 0 Å². The number of nitrogens with one attached hydrogen (secondary N) is 1. The van der Waals surface area contributed by atoms with Crippen molar-refractivity contribution in [3.05, 3.63) is 42.2 Å². The van der Waals surface area contributed by atoms with Crippen LogP contribution in [0.1, 0.15) is 12.5 Å². The molecule has 0 unspecified atom stereocenters. The smallest absolute Gasteiger partial charge is 0.387 e. The van der Waals surface area contributed by atoms with Crippen molar-refractivity contribution in [1.29, 1.82) is 0 Å². The largest absolute Gasteiger partial charge is 0.434 e. The van der Waals surface area contributed by atoms with E-state index in [1.165, 1.54) is 6.07 Å². The van der Waals surface area contributed by atoms with Crippen LogP contribution in [0.2, 0.25) is 0 Å². The van der Waals surface area contributed by atoms with Gasteiger partial charge in [0.1, 0.15) is 5.75 Å². The monoisotopic (exact) mass is 267 g/mol.